The van der Waals surface area contributed by atoms with E-state index in [1.807, 2.05) is 44.2 Å². The number of aliphatic carboxylic acids is 1. The molecule has 0 fully saturated rings. The molecule has 1 aromatic rings. The SMILES string of the molecule is CCC(CC(C)C(C)(C#N)CCC(=O)O)(SC(=S)c1ccccc1)C(=O)OC. The summed E-state index contributed by atoms with van der Waals surface area (Å²) in [6.45, 7) is 5.52. The molecule has 7 heteroatoms. The van der Waals surface area contributed by atoms with E-state index in [9.17, 15) is 14.9 Å². The van der Waals surface area contributed by atoms with E-state index in [2.05, 4.69) is 6.07 Å². The number of benzene rings is 1. The van der Waals surface area contributed by atoms with E-state index in [1.165, 1.54) is 18.9 Å². The summed E-state index contributed by atoms with van der Waals surface area (Å²) in [6.07, 6.45) is 0.954. The lowest BCUT2D eigenvalue weighted by Crippen LogP contribution is -2.41. The highest BCUT2D eigenvalue weighted by atomic mass is 32.2. The van der Waals surface area contributed by atoms with Crippen LogP contribution in [-0.4, -0.2) is 33.1 Å². The zero-order valence-electron chi connectivity index (χ0n) is 16.7. The summed E-state index contributed by atoms with van der Waals surface area (Å²) < 4.78 is 4.74. The monoisotopic (exact) mass is 421 g/mol. The van der Waals surface area contributed by atoms with Gasteiger partial charge in [0.25, 0.3) is 0 Å². The maximum Gasteiger partial charge on any atom is 0.322 e. The molecular formula is C21H27NO4S2. The zero-order valence-corrected chi connectivity index (χ0v) is 18.4. The zero-order chi connectivity index (χ0) is 21.4. The van der Waals surface area contributed by atoms with Crippen molar-refractivity contribution in [3.8, 4) is 6.07 Å². The van der Waals surface area contributed by atoms with Crippen LogP contribution < -0.4 is 0 Å². The second kappa shape index (κ2) is 10.6. The van der Waals surface area contributed by atoms with Crippen molar-refractivity contribution >= 4 is 40.1 Å². The number of carboxylic acid groups (broad SMARTS) is 1. The lowest BCUT2D eigenvalue weighted by Gasteiger charge is -2.37. The van der Waals surface area contributed by atoms with Crippen LogP contribution in [0.4, 0.5) is 0 Å². The maximum atomic E-state index is 12.8. The van der Waals surface area contributed by atoms with Crippen molar-refractivity contribution in [1.29, 1.82) is 5.26 Å². The Labute approximate surface area is 176 Å². The fourth-order valence-corrected chi connectivity index (χ4v) is 4.89. The van der Waals surface area contributed by atoms with Crippen molar-refractivity contribution in [2.75, 3.05) is 7.11 Å². The van der Waals surface area contributed by atoms with Gasteiger partial charge in [-0.05, 0) is 37.7 Å². The number of esters is 1. The molecule has 28 heavy (non-hydrogen) atoms. The highest BCUT2D eigenvalue weighted by Gasteiger charge is 2.45. The number of ether oxygens (including phenoxy) is 1. The van der Waals surface area contributed by atoms with Gasteiger partial charge in [-0.1, -0.05) is 68.2 Å². The van der Waals surface area contributed by atoms with Crippen LogP contribution >= 0.6 is 24.0 Å². The van der Waals surface area contributed by atoms with E-state index >= 15 is 0 Å². The molecule has 1 aromatic carbocycles. The topological polar surface area (TPSA) is 87.4 Å². The van der Waals surface area contributed by atoms with Crippen LogP contribution in [0.25, 0.3) is 0 Å². The van der Waals surface area contributed by atoms with Crippen LogP contribution in [0.5, 0.6) is 0 Å². The van der Waals surface area contributed by atoms with E-state index in [1.54, 1.807) is 6.92 Å². The summed E-state index contributed by atoms with van der Waals surface area (Å²) in [5, 5.41) is 18.7. The van der Waals surface area contributed by atoms with Crippen LogP contribution in [0, 0.1) is 22.7 Å². The fraction of sp³-hybridized carbons (Fsp3) is 0.524. The predicted molar refractivity (Wildman–Crippen MR) is 115 cm³/mol. The Morgan fingerprint density at radius 1 is 1.36 bits per heavy atom. The predicted octanol–water partition coefficient (Wildman–Crippen LogP) is 4.84. The molecule has 0 bridgehead atoms. The standard InChI is InChI=1S/C21H27NO4S2/c1-5-21(19(25)26-4,28-18(27)16-9-7-6-8-10-16)13-15(2)20(3,14-22)12-11-17(23)24/h6-10,15H,5,11-13H2,1-4H3,(H,23,24). The number of hydrogen-bond donors (Lipinski definition) is 1. The van der Waals surface area contributed by atoms with Gasteiger partial charge in [0.05, 0.1) is 22.8 Å². The molecule has 3 atom stereocenters. The van der Waals surface area contributed by atoms with Gasteiger partial charge in [0.2, 0.25) is 0 Å². The Hall–Kier alpha value is -1.91. The van der Waals surface area contributed by atoms with Crippen LogP contribution in [0.1, 0.15) is 52.0 Å². The number of thiocarbonyl (C=S) groups is 1. The molecule has 0 spiro atoms. The highest BCUT2D eigenvalue weighted by Crippen LogP contribution is 2.44. The molecule has 1 N–H and O–H groups in total. The molecule has 5 nitrogen and oxygen atoms in total. The van der Waals surface area contributed by atoms with Crippen molar-refractivity contribution in [3.63, 3.8) is 0 Å². The molecule has 0 radical (unpaired) electrons. The highest BCUT2D eigenvalue weighted by molar-refractivity contribution is 8.25. The van der Waals surface area contributed by atoms with E-state index in [0.29, 0.717) is 17.0 Å². The summed E-state index contributed by atoms with van der Waals surface area (Å²) >= 11 is 6.86. The molecular weight excluding hydrogens is 394 g/mol. The number of hydrogen-bond acceptors (Lipinski definition) is 6. The average Bonchev–Trinajstić information content (AvgIpc) is 2.71. The smallest absolute Gasteiger partial charge is 0.322 e. The first-order chi connectivity index (χ1) is 13.1. The van der Waals surface area contributed by atoms with Gasteiger partial charge in [0.1, 0.15) is 4.75 Å². The minimum Gasteiger partial charge on any atom is -0.481 e. The first-order valence-electron chi connectivity index (χ1n) is 9.14. The molecule has 3 unspecified atom stereocenters. The summed E-state index contributed by atoms with van der Waals surface area (Å²) in [6, 6.07) is 11.7. The third kappa shape index (κ3) is 6.05. The quantitative estimate of drug-likeness (QED) is 0.427. The Morgan fingerprint density at radius 2 is 1.96 bits per heavy atom. The number of carboxylic acids is 1. The van der Waals surface area contributed by atoms with Gasteiger partial charge in [-0.15, -0.1) is 0 Å². The van der Waals surface area contributed by atoms with Crippen LogP contribution in [0.2, 0.25) is 0 Å². The van der Waals surface area contributed by atoms with Crippen molar-refractivity contribution in [2.45, 2.75) is 51.2 Å². The van der Waals surface area contributed by atoms with Crippen molar-refractivity contribution < 1.29 is 19.4 Å². The third-order valence-corrected chi connectivity index (χ3v) is 7.18. The summed E-state index contributed by atoms with van der Waals surface area (Å²) in [5.74, 6) is -1.56. The second-order valence-electron chi connectivity index (χ2n) is 7.12. The molecule has 152 valence electrons. The molecule has 0 saturated heterocycles. The average molecular weight is 422 g/mol. The number of thioether (sulfide) groups is 1. The number of carbonyl (C=O) groups is 2. The van der Waals surface area contributed by atoms with Crippen LogP contribution in [0.3, 0.4) is 0 Å². The Kier molecular flexibility index (Phi) is 9.12. The normalized spacial score (nSPS) is 16.1. The molecule has 0 aliphatic heterocycles. The van der Waals surface area contributed by atoms with E-state index in [0.717, 1.165) is 5.56 Å². The minimum absolute atomic E-state index is 0.0959. The molecule has 0 amide bonds. The first-order valence-corrected chi connectivity index (χ1v) is 10.4. The summed E-state index contributed by atoms with van der Waals surface area (Å²) in [7, 11) is 1.34. The minimum atomic E-state index is -0.942. The molecule has 0 saturated carbocycles. The molecule has 0 heterocycles. The first kappa shape index (κ1) is 24.1. The lowest BCUT2D eigenvalue weighted by molar-refractivity contribution is -0.144. The van der Waals surface area contributed by atoms with Crippen molar-refractivity contribution in [1.82, 2.24) is 0 Å². The Balaban J connectivity index is 3.15. The van der Waals surface area contributed by atoms with E-state index in [-0.39, 0.29) is 24.7 Å². The molecule has 0 aliphatic carbocycles. The third-order valence-electron chi connectivity index (χ3n) is 5.26. The van der Waals surface area contributed by atoms with Gasteiger partial charge in [0.15, 0.2) is 0 Å². The lowest BCUT2D eigenvalue weighted by atomic mass is 9.71. The van der Waals surface area contributed by atoms with Gasteiger partial charge in [-0.25, -0.2) is 0 Å². The number of methoxy groups -OCH3 is 1. The number of carbonyl (C=O) groups excluding carboxylic acids is 1. The van der Waals surface area contributed by atoms with Crippen LogP contribution in [0.15, 0.2) is 30.3 Å². The van der Waals surface area contributed by atoms with Gasteiger partial charge in [0, 0.05) is 6.42 Å². The summed E-state index contributed by atoms with van der Waals surface area (Å²) in [4.78, 5) is 23.7. The molecule has 1 rings (SSSR count). The van der Waals surface area contributed by atoms with E-state index in [4.69, 9.17) is 22.1 Å². The largest absolute Gasteiger partial charge is 0.481 e. The van der Waals surface area contributed by atoms with Gasteiger partial charge in [-0.3, -0.25) is 9.59 Å². The van der Waals surface area contributed by atoms with Gasteiger partial charge in [-0.2, -0.15) is 5.26 Å². The number of rotatable bonds is 10. The maximum absolute atomic E-state index is 12.8. The number of nitrogens with zero attached hydrogens (tertiary/aromatic N) is 1. The Morgan fingerprint density at radius 3 is 2.43 bits per heavy atom. The molecule has 0 aromatic heterocycles. The van der Waals surface area contributed by atoms with E-state index < -0.39 is 16.1 Å². The summed E-state index contributed by atoms with van der Waals surface area (Å²) in [5.41, 5.74) is -0.0207. The van der Waals surface area contributed by atoms with Gasteiger partial charge >= 0.3 is 11.9 Å². The fourth-order valence-electron chi connectivity index (χ4n) is 3.02. The van der Waals surface area contributed by atoms with Crippen LogP contribution in [-0.2, 0) is 14.3 Å². The Bertz CT molecular complexity index is 747. The second-order valence-corrected chi connectivity index (χ2v) is 9.18. The van der Waals surface area contributed by atoms with Crippen molar-refractivity contribution in [3.05, 3.63) is 35.9 Å². The van der Waals surface area contributed by atoms with Gasteiger partial charge < -0.3 is 9.84 Å². The molecule has 0 aliphatic rings. The number of nitriles is 1. The van der Waals surface area contributed by atoms with Crippen molar-refractivity contribution in [2.24, 2.45) is 11.3 Å².